The third-order valence-electron chi connectivity index (χ3n) is 5.00. The lowest BCUT2D eigenvalue weighted by Gasteiger charge is -2.19. The number of ether oxygens (including phenoxy) is 1. The van der Waals surface area contributed by atoms with Gasteiger partial charge in [-0.15, -0.1) is 0 Å². The summed E-state index contributed by atoms with van der Waals surface area (Å²) in [5.41, 5.74) is 1.80. The monoisotopic (exact) mass is 402 g/mol. The third-order valence-corrected chi connectivity index (χ3v) is 5.00. The van der Waals surface area contributed by atoms with Crippen molar-refractivity contribution in [2.24, 2.45) is 0 Å². The number of hydrogen-bond acceptors (Lipinski definition) is 4. The lowest BCUT2D eigenvalue weighted by atomic mass is 10.1. The van der Waals surface area contributed by atoms with Gasteiger partial charge in [0.1, 0.15) is 17.6 Å². The van der Waals surface area contributed by atoms with Crippen molar-refractivity contribution >= 4 is 0 Å². The average Bonchev–Trinajstić information content (AvgIpc) is 3.24. The molecule has 0 aliphatic carbocycles. The van der Waals surface area contributed by atoms with Crippen molar-refractivity contribution in [3.63, 3.8) is 0 Å². The standard InChI is InChI=1S/C22H21F3N2O2/c1-14-19(13-27(2)12-18-11-16-5-3-4-6-20(16)29-18)26-21(28-14)15-7-9-17(10-8-15)22(23,24)25/h3-10,18H,11-13H2,1-2H3. The molecule has 2 aromatic carbocycles. The Kier molecular flexibility index (Phi) is 5.08. The largest absolute Gasteiger partial charge is 0.488 e. The van der Waals surface area contributed by atoms with Gasteiger partial charge < -0.3 is 9.15 Å². The van der Waals surface area contributed by atoms with Crippen LogP contribution in [0.4, 0.5) is 13.2 Å². The highest BCUT2D eigenvalue weighted by atomic mass is 19.4. The highest BCUT2D eigenvalue weighted by Gasteiger charge is 2.30. The van der Waals surface area contributed by atoms with Crippen LogP contribution in [0.2, 0.25) is 0 Å². The highest BCUT2D eigenvalue weighted by molar-refractivity contribution is 5.54. The number of oxazole rings is 1. The second-order valence-electron chi connectivity index (χ2n) is 7.35. The van der Waals surface area contributed by atoms with Gasteiger partial charge in [-0.2, -0.15) is 13.2 Å². The Morgan fingerprint density at radius 2 is 1.83 bits per heavy atom. The lowest BCUT2D eigenvalue weighted by Crippen LogP contribution is -2.31. The fourth-order valence-corrected chi connectivity index (χ4v) is 3.52. The topological polar surface area (TPSA) is 38.5 Å². The van der Waals surface area contributed by atoms with Gasteiger partial charge in [0.15, 0.2) is 0 Å². The van der Waals surface area contributed by atoms with Crippen LogP contribution in [0.25, 0.3) is 11.5 Å². The molecule has 4 nitrogen and oxygen atoms in total. The van der Waals surface area contributed by atoms with Crippen LogP contribution >= 0.6 is 0 Å². The van der Waals surface area contributed by atoms with E-state index in [1.165, 1.54) is 17.7 Å². The van der Waals surface area contributed by atoms with Crippen molar-refractivity contribution in [1.29, 1.82) is 0 Å². The number of benzene rings is 2. The van der Waals surface area contributed by atoms with E-state index in [0.29, 0.717) is 23.8 Å². The number of para-hydroxylation sites is 1. The number of aryl methyl sites for hydroxylation is 1. The molecule has 0 saturated heterocycles. The maximum absolute atomic E-state index is 12.7. The van der Waals surface area contributed by atoms with Crippen LogP contribution in [0.3, 0.4) is 0 Å². The fourth-order valence-electron chi connectivity index (χ4n) is 3.52. The minimum absolute atomic E-state index is 0.0824. The first-order chi connectivity index (χ1) is 13.8. The van der Waals surface area contributed by atoms with Gasteiger partial charge in [0.25, 0.3) is 0 Å². The molecule has 152 valence electrons. The van der Waals surface area contributed by atoms with Gasteiger partial charge in [0, 0.05) is 25.1 Å². The second-order valence-corrected chi connectivity index (χ2v) is 7.35. The molecule has 3 aromatic rings. The van der Waals surface area contributed by atoms with Crippen LogP contribution in [0.15, 0.2) is 52.9 Å². The van der Waals surface area contributed by atoms with Crippen molar-refractivity contribution in [2.75, 3.05) is 13.6 Å². The van der Waals surface area contributed by atoms with E-state index in [-0.39, 0.29) is 6.10 Å². The minimum atomic E-state index is -4.36. The molecule has 0 radical (unpaired) electrons. The van der Waals surface area contributed by atoms with Gasteiger partial charge >= 0.3 is 6.18 Å². The Hall–Kier alpha value is -2.80. The predicted octanol–water partition coefficient (Wildman–Crippen LogP) is 5.10. The fraction of sp³-hybridized carbons (Fsp3) is 0.318. The molecule has 1 unspecified atom stereocenters. The van der Waals surface area contributed by atoms with Gasteiger partial charge in [0.2, 0.25) is 5.89 Å². The van der Waals surface area contributed by atoms with Crippen molar-refractivity contribution in [3.05, 3.63) is 71.1 Å². The molecule has 1 atom stereocenters. The summed E-state index contributed by atoms with van der Waals surface area (Å²) in [6, 6.07) is 12.9. The van der Waals surface area contributed by atoms with E-state index >= 15 is 0 Å². The number of fused-ring (bicyclic) bond motifs is 1. The zero-order valence-electron chi connectivity index (χ0n) is 16.2. The molecule has 0 fully saturated rings. The summed E-state index contributed by atoms with van der Waals surface area (Å²) in [6.45, 7) is 3.11. The van der Waals surface area contributed by atoms with E-state index in [1.807, 2.05) is 32.2 Å². The van der Waals surface area contributed by atoms with Crippen molar-refractivity contribution in [1.82, 2.24) is 9.88 Å². The van der Waals surface area contributed by atoms with Gasteiger partial charge in [-0.05, 0) is 49.9 Å². The summed E-state index contributed by atoms with van der Waals surface area (Å²) in [5, 5.41) is 0. The molecule has 0 saturated carbocycles. The molecular weight excluding hydrogens is 381 g/mol. The normalized spacial score (nSPS) is 16.1. The molecular formula is C22H21F3N2O2. The molecule has 0 spiro atoms. The number of alkyl halides is 3. The van der Waals surface area contributed by atoms with Crippen molar-refractivity contribution in [3.8, 4) is 17.2 Å². The van der Waals surface area contributed by atoms with Crippen LogP contribution < -0.4 is 4.74 Å². The predicted molar refractivity (Wildman–Crippen MR) is 103 cm³/mol. The average molecular weight is 402 g/mol. The Morgan fingerprint density at radius 1 is 1.10 bits per heavy atom. The summed E-state index contributed by atoms with van der Waals surface area (Å²) >= 11 is 0. The molecule has 1 aliphatic rings. The van der Waals surface area contributed by atoms with Crippen LogP contribution in [-0.4, -0.2) is 29.6 Å². The van der Waals surface area contributed by atoms with E-state index in [2.05, 4.69) is 16.0 Å². The number of rotatable bonds is 5. The Balaban J connectivity index is 1.41. The quantitative estimate of drug-likeness (QED) is 0.595. The third kappa shape index (κ3) is 4.29. The first-order valence-corrected chi connectivity index (χ1v) is 9.36. The number of halogens is 3. The molecule has 1 aromatic heterocycles. The zero-order valence-corrected chi connectivity index (χ0v) is 16.2. The summed E-state index contributed by atoms with van der Waals surface area (Å²) in [6.07, 6.45) is -3.41. The molecule has 1 aliphatic heterocycles. The molecule has 7 heteroatoms. The van der Waals surface area contributed by atoms with Gasteiger partial charge in [-0.25, -0.2) is 4.98 Å². The van der Waals surface area contributed by atoms with Crippen molar-refractivity contribution in [2.45, 2.75) is 32.2 Å². The van der Waals surface area contributed by atoms with Crippen LogP contribution in [0.1, 0.15) is 22.6 Å². The Bertz CT molecular complexity index is 971. The molecule has 0 N–H and O–H groups in total. The first-order valence-electron chi connectivity index (χ1n) is 9.36. The molecule has 4 rings (SSSR count). The zero-order chi connectivity index (χ0) is 20.6. The molecule has 29 heavy (non-hydrogen) atoms. The van der Waals surface area contributed by atoms with Gasteiger partial charge in [0.05, 0.1) is 11.3 Å². The van der Waals surface area contributed by atoms with Crippen LogP contribution in [0, 0.1) is 6.92 Å². The van der Waals surface area contributed by atoms with Crippen LogP contribution in [-0.2, 0) is 19.1 Å². The van der Waals surface area contributed by atoms with E-state index < -0.39 is 11.7 Å². The van der Waals surface area contributed by atoms with E-state index in [9.17, 15) is 13.2 Å². The van der Waals surface area contributed by atoms with E-state index in [4.69, 9.17) is 9.15 Å². The number of nitrogens with zero attached hydrogens (tertiary/aromatic N) is 2. The maximum Gasteiger partial charge on any atom is 0.416 e. The van der Waals surface area contributed by atoms with Gasteiger partial charge in [-0.3, -0.25) is 4.90 Å². The first kappa shape index (κ1) is 19.5. The minimum Gasteiger partial charge on any atom is -0.488 e. The molecule has 2 heterocycles. The lowest BCUT2D eigenvalue weighted by molar-refractivity contribution is -0.137. The maximum atomic E-state index is 12.7. The Labute approximate surface area is 166 Å². The second kappa shape index (κ2) is 7.55. The smallest absolute Gasteiger partial charge is 0.416 e. The SMILES string of the molecule is Cc1oc(-c2ccc(C(F)(F)F)cc2)nc1CN(C)CC1Cc2ccccc2O1. The molecule has 0 amide bonds. The van der Waals surface area contributed by atoms with Crippen LogP contribution in [0.5, 0.6) is 5.75 Å². The summed E-state index contributed by atoms with van der Waals surface area (Å²) in [4.78, 5) is 6.60. The van der Waals surface area contributed by atoms with Crippen molar-refractivity contribution < 1.29 is 22.3 Å². The summed E-state index contributed by atoms with van der Waals surface area (Å²) < 4.78 is 49.9. The van der Waals surface area contributed by atoms with Gasteiger partial charge in [-0.1, -0.05) is 18.2 Å². The summed E-state index contributed by atoms with van der Waals surface area (Å²) in [5.74, 6) is 1.92. The number of hydrogen-bond donors (Lipinski definition) is 0. The Morgan fingerprint density at radius 3 is 2.52 bits per heavy atom. The number of aromatic nitrogens is 1. The van der Waals surface area contributed by atoms with E-state index in [0.717, 1.165) is 36.5 Å². The van der Waals surface area contributed by atoms with E-state index in [1.54, 1.807) is 0 Å². The summed E-state index contributed by atoms with van der Waals surface area (Å²) in [7, 11) is 1.98. The highest BCUT2D eigenvalue weighted by Crippen LogP contribution is 2.32. The molecule has 0 bridgehead atoms. The number of likely N-dealkylation sites (N-methyl/N-ethyl adjacent to an activating group) is 1.